The van der Waals surface area contributed by atoms with Crippen molar-refractivity contribution in [1.29, 1.82) is 0 Å². The smallest absolute Gasteiger partial charge is 0.305 e. The van der Waals surface area contributed by atoms with E-state index in [1.165, 1.54) is 23.8 Å². The zero-order valence-corrected chi connectivity index (χ0v) is 12.3. The van der Waals surface area contributed by atoms with Crippen LogP contribution in [0.3, 0.4) is 0 Å². The van der Waals surface area contributed by atoms with Crippen molar-refractivity contribution in [3.05, 3.63) is 35.9 Å². The number of hydrogen-bond acceptors (Lipinski definition) is 3. The van der Waals surface area contributed by atoms with Gasteiger partial charge in [0, 0.05) is 27.1 Å². The van der Waals surface area contributed by atoms with Crippen molar-refractivity contribution in [2.75, 3.05) is 20.1 Å². The molecule has 0 saturated carbocycles. The van der Waals surface area contributed by atoms with Crippen LogP contribution in [0.25, 0.3) is 0 Å². The summed E-state index contributed by atoms with van der Waals surface area (Å²) in [7, 11) is 1.54. The highest BCUT2D eigenvalue weighted by Crippen LogP contribution is 2.06. The highest BCUT2D eigenvalue weighted by atomic mass is 16.4. The molecular formula is C15H20N2O4. The van der Waals surface area contributed by atoms with Gasteiger partial charge in [0.05, 0.1) is 13.0 Å². The molecule has 1 aromatic carbocycles. The Morgan fingerprint density at radius 1 is 1.14 bits per heavy atom. The fourth-order valence-corrected chi connectivity index (χ4v) is 1.74. The molecule has 0 aliphatic rings. The minimum Gasteiger partial charge on any atom is -0.481 e. The van der Waals surface area contributed by atoms with Gasteiger partial charge in [-0.25, -0.2) is 0 Å². The van der Waals surface area contributed by atoms with Crippen LogP contribution >= 0.6 is 0 Å². The largest absolute Gasteiger partial charge is 0.481 e. The lowest BCUT2D eigenvalue weighted by Crippen LogP contribution is -2.41. The van der Waals surface area contributed by atoms with Crippen molar-refractivity contribution in [1.82, 2.24) is 9.80 Å². The van der Waals surface area contributed by atoms with Gasteiger partial charge in [0.1, 0.15) is 0 Å². The van der Waals surface area contributed by atoms with Crippen molar-refractivity contribution in [2.45, 2.75) is 19.9 Å². The van der Waals surface area contributed by atoms with Gasteiger partial charge in [0.2, 0.25) is 11.8 Å². The second-order valence-electron chi connectivity index (χ2n) is 4.82. The first-order chi connectivity index (χ1) is 9.90. The number of rotatable bonds is 7. The third kappa shape index (κ3) is 6.07. The van der Waals surface area contributed by atoms with E-state index < -0.39 is 5.97 Å². The first-order valence-corrected chi connectivity index (χ1v) is 6.65. The Balaban J connectivity index is 2.73. The fourth-order valence-electron chi connectivity index (χ4n) is 1.74. The number of nitrogens with zero attached hydrogens (tertiary/aromatic N) is 2. The van der Waals surface area contributed by atoms with E-state index in [9.17, 15) is 14.4 Å². The van der Waals surface area contributed by atoms with Crippen LogP contribution in [-0.4, -0.2) is 52.8 Å². The Morgan fingerprint density at radius 3 is 2.29 bits per heavy atom. The molecule has 21 heavy (non-hydrogen) atoms. The summed E-state index contributed by atoms with van der Waals surface area (Å²) in [4.78, 5) is 36.9. The van der Waals surface area contributed by atoms with E-state index in [-0.39, 0.29) is 31.3 Å². The minimum absolute atomic E-state index is 0.0538. The average molecular weight is 292 g/mol. The topological polar surface area (TPSA) is 77.9 Å². The minimum atomic E-state index is -0.958. The van der Waals surface area contributed by atoms with Gasteiger partial charge >= 0.3 is 5.97 Å². The predicted molar refractivity (Wildman–Crippen MR) is 77.4 cm³/mol. The van der Waals surface area contributed by atoms with E-state index in [0.717, 1.165) is 5.56 Å². The summed E-state index contributed by atoms with van der Waals surface area (Å²) in [5, 5.41) is 8.78. The van der Waals surface area contributed by atoms with Crippen LogP contribution < -0.4 is 0 Å². The maximum absolute atomic E-state index is 12.2. The molecule has 0 radical (unpaired) electrons. The number of likely N-dealkylation sites (N-methyl/N-ethyl adjacent to an activating group) is 1. The number of amides is 2. The SMILES string of the molecule is CC(=O)N(C)CC(=O)N(CCC(=O)O)Cc1ccccc1. The standard InChI is InChI=1S/C15H20N2O4/c1-12(18)16(2)11-14(19)17(9-8-15(20)21)10-13-6-4-3-5-7-13/h3-7H,8-11H2,1-2H3,(H,20,21). The Bertz CT molecular complexity index is 502. The van der Waals surface area contributed by atoms with E-state index >= 15 is 0 Å². The monoisotopic (exact) mass is 292 g/mol. The van der Waals surface area contributed by atoms with Gasteiger partial charge in [-0.1, -0.05) is 30.3 Å². The van der Waals surface area contributed by atoms with Crippen LogP contribution in [0.1, 0.15) is 18.9 Å². The molecule has 0 aliphatic heterocycles. The number of carboxylic acid groups (broad SMARTS) is 1. The van der Waals surface area contributed by atoms with Gasteiger partial charge in [-0.3, -0.25) is 14.4 Å². The summed E-state index contributed by atoms with van der Waals surface area (Å²) in [6.07, 6.45) is -0.123. The number of carbonyl (C=O) groups is 3. The maximum atomic E-state index is 12.2. The van der Waals surface area contributed by atoms with Crippen molar-refractivity contribution < 1.29 is 19.5 Å². The van der Waals surface area contributed by atoms with Crippen molar-refractivity contribution in [3.8, 4) is 0 Å². The lowest BCUT2D eigenvalue weighted by atomic mass is 10.2. The lowest BCUT2D eigenvalue weighted by Gasteiger charge is -2.25. The predicted octanol–water partition coefficient (Wildman–Crippen LogP) is 0.968. The summed E-state index contributed by atoms with van der Waals surface area (Å²) in [5.74, 6) is -1.43. The zero-order valence-electron chi connectivity index (χ0n) is 12.3. The Morgan fingerprint density at radius 2 is 1.76 bits per heavy atom. The molecule has 2 amide bonds. The van der Waals surface area contributed by atoms with E-state index in [1.54, 1.807) is 0 Å². The molecule has 114 valence electrons. The molecule has 0 spiro atoms. The summed E-state index contributed by atoms with van der Waals surface area (Å²) in [6.45, 7) is 1.78. The third-order valence-corrected chi connectivity index (χ3v) is 3.07. The first kappa shape index (κ1) is 16.7. The van der Waals surface area contributed by atoms with Crippen molar-refractivity contribution in [3.63, 3.8) is 0 Å². The highest BCUT2D eigenvalue weighted by molar-refractivity contribution is 5.84. The van der Waals surface area contributed by atoms with Gasteiger partial charge < -0.3 is 14.9 Å². The molecular weight excluding hydrogens is 272 g/mol. The van der Waals surface area contributed by atoms with E-state index in [1.807, 2.05) is 30.3 Å². The molecule has 0 aliphatic carbocycles. The Hall–Kier alpha value is -2.37. The van der Waals surface area contributed by atoms with E-state index in [0.29, 0.717) is 6.54 Å². The van der Waals surface area contributed by atoms with Crippen LogP contribution in [0.4, 0.5) is 0 Å². The molecule has 6 nitrogen and oxygen atoms in total. The summed E-state index contributed by atoms with van der Waals surface area (Å²) in [5.41, 5.74) is 0.918. The van der Waals surface area contributed by atoms with Gasteiger partial charge in [-0.05, 0) is 5.56 Å². The molecule has 1 N–H and O–H groups in total. The van der Waals surface area contributed by atoms with Gasteiger partial charge in [0.25, 0.3) is 0 Å². The molecule has 0 bridgehead atoms. The second-order valence-corrected chi connectivity index (χ2v) is 4.82. The van der Waals surface area contributed by atoms with E-state index in [4.69, 9.17) is 5.11 Å². The molecule has 1 aromatic rings. The molecule has 6 heteroatoms. The van der Waals surface area contributed by atoms with Crippen LogP contribution in [0.15, 0.2) is 30.3 Å². The number of carboxylic acids is 1. The molecule has 0 fully saturated rings. The molecule has 0 atom stereocenters. The fraction of sp³-hybridized carbons (Fsp3) is 0.400. The summed E-state index contributed by atoms with van der Waals surface area (Å²) >= 11 is 0. The summed E-state index contributed by atoms with van der Waals surface area (Å²) in [6, 6.07) is 9.33. The van der Waals surface area contributed by atoms with E-state index in [2.05, 4.69) is 0 Å². The lowest BCUT2D eigenvalue weighted by molar-refractivity contribution is -0.141. The third-order valence-electron chi connectivity index (χ3n) is 3.07. The second kappa shape index (κ2) is 8.04. The number of hydrogen-bond donors (Lipinski definition) is 1. The quantitative estimate of drug-likeness (QED) is 0.812. The van der Waals surface area contributed by atoms with Crippen molar-refractivity contribution >= 4 is 17.8 Å². The molecule has 0 aromatic heterocycles. The summed E-state index contributed by atoms with van der Waals surface area (Å²) < 4.78 is 0. The molecule has 0 unspecified atom stereocenters. The Labute approximate surface area is 124 Å². The van der Waals surface area contributed by atoms with Crippen LogP contribution in [0.5, 0.6) is 0 Å². The van der Waals surface area contributed by atoms with Crippen LogP contribution in [-0.2, 0) is 20.9 Å². The van der Waals surface area contributed by atoms with Crippen LogP contribution in [0.2, 0.25) is 0 Å². The van der Waals surface area contributed by atoms with Crippen LogP contribution in [0, 0.1) is 0 Å². The molecule has 1 rings (SSSR count). The van der Waals surface area contributed by atoms with Gasteiger partial charge in [-0.2, -0.15) is 0 Å². The average Bonchev–Trinajstić information content (AvgIpc) is 2.44. The van der Waals surface area contributed by atoms with Crippen molar-refractivity contribution in [2.24, 2.45) is 0 Å². The molecule has 0 heterocycles. The Kier molecular flexibility index (Phi) is 6.39. The maximum Gasteiger partial charge on any atom is 0.305 e. The van der Waals surface area contributed by atoms with Gasteiger partial charge in [-0.15, -0.1) is 0 Å². The normalized spacial score (nSPS) is 10.0. The zero-order chi connectivity index (χ0) is 15.8. The number of carbonyl (C=O) groups excluding carboxylic acids is 2. The van der Waals surface area contributed by atoms with Gasteiger partial charge in [0.15, 0.2) is 0 Å². The number of aliphatic carboxylic acids is 1. The highest BCUT2D eigenvalue weighted by Gasteiger charge is 2.18. The first-order valence-electron chi connectivity index (χ1n) is 6.65. The molecule has 0 saturated heterocycles. The number of benzene rings is 1.